The van der Waals surface area contributed by atoms with E-state index in [9.17, 15) is 4.79 Å². The van der Waals surface area contributed by atoms with Crippen molar-refractivity contribution in [1.82, 2.24) is 4.98 Å². The van der Waals surface area contributed by atoms with Crippen LogP contribution in [0.3, 0.4) is 0 Å². The van der Waals surface area contributed by atoms with Crippen LogP contribution in [0.15, 0.2) is 12.3 Å². The van der Waals surface area contributed by atoms with E-state index in [0.717, 1.165) is 0 Å². The van der Waals surface area contributed by atoms with Gasteiger partial charge in [-0.25, -0.2) is 4.98 Å². The molecule has 0 radical (unpaired) electrons. The molecule has 0 aromatic carbocycles. The summed E-state index contributed by atoms with van der Waals surface area (Å²) in [6, 6.07) is 3.60. The molecule has 1 aromatic rings. The van der Waals surface area contributed by atoms with E-state index in [1.54, 1.807) is 6.07 Å². The Hall–Kier alpha value is -2.29. The van der Waals surface area contributed by atoms with Gasteiger partial charge in [0.15, 0.2) is 0 Å². The van der Waals surface area contributed by atoms with Gasteiger partial charge in [-0.15, -0.1) is 0 Å². The minimum Gasteiger partial charge on any atom is -0.394 e. The van der Waals surface area contributed by atoms with Crippen LogP contribution in [0.4, 0.5) is 17.2 Å². The number of nitrogen functional groups attached to an aromatic ring is 2. The van der Waals surface area contributed by atoms with Gasteiger partial charge < -0.3 is 16.4 Å². The highest BCUT2D eigenvalue weighted by Crippen LogP contribution is 2.31. The fraction of sp³-hybridized carbons (Fsp3) is 0.462. The molecule has 0 bridgehead atoms. The third kappa shape index (κ3) is 2.94. The second-order valence-corrected chi connectivity index (χ2v) is 4.65. The monoisotopic (exact) mass is 259 g/mol. The smallest absolute Gasteiger partial charge is 0.244 e. The van der Waals surface area contributed by atoms with Gasteiger partial charge in [0.05, 0.1) is 17.4 Å². The number of hydrogen-bond acceptors (Lipinski definition) is 5. The van der Waals surface area contributed by atoms with Crippen molar-refractivity contribution in [3.05, 3.63) is 12.3 Å². The Morgan fingerprint density at radius 2 is 2.05 bits per heavy atom. The molecule has 6 heteroatoms. The first-order valence-corrected chi connectivity index (χ1v) is 6.36. The Kier molecular flexibility index (Phi) is 3.85. The minimum atomic E-state index is -0.575. The summed E-state index contributed by atoms with van der Waals surface area (Å²) < 4.78 is 0. The van der Waals surface area contributed by atoms with Gasteiger partial charge in [0, 0.05) is 12.7 Å². The van der Waals surface area contributed by atoms with Crippen LogP contribution in [0, 0.1) is 17.2 Å². The Morgan fingerprint density at radius 3 is 2.58 bits per heavy atom. The van der Waals surface area contributed by atoms with Crippen molar-refractivity contribution in [3.8, 4) is 6.07 Å². The molecule has 1 aliphatic carbocycles. The molecule has 1 saturated carbocycles. The van der Waals surface area contributed by atoms with Crippen molar-refractivity contribution in [2.45, 2.75) is 25.7 Å². The molecule has 19 heavy (non-hydrogen) atoms. The third-order valence-corrected chi connectivity index (χ3v) is 3.00. The lowest BCUT2D eigenvalue weighted by molar-refractivity contribution is -0.118. The molecule has 100 valence electrons. The highest BCUT2D eigenvalue weighted by molar-refractivity contribution is 6.01. The van der Waals surface area contributed by atoms with Crippen molar-refractivity contribution < 1.29 is 4.79 Å². The van der Waals surface area contributed by atoms with E-state index in [2.05, 4.69) is 4.98 Å². The molecule has 1 amide bonds. The van der Waals surface area contributed by atoms with E-state index in [1.165, 1.54) is 30.4 Å². The zero-order valence-corrected chi connectivity index (χ0v) is 10.7. The van der Waals surface area contributed by atoms with Crippen molar-refractivity contribution in [1.29, 1.82) is 5.26 Å². The fourth-order valence-electron chi connectivity index (χ4n) is 1.75. The molecule has 1 atom stereocenters. The van der Waals surface area contributed by atoms with E-state index in [4.69, 9.17) is 16.7 Å². The van der Waals surface area contributed by atoms with Crippen LogP contribution >= 0.6 is 0 Å². The molecule has 2 heterocycles. The molecule has 1 aliphatic heterocycles. The molecule has 6 nitrogen and oxygen atoms in total. The lowest BCUT2D eigenvalue weighted by Crippen LogP contribution is -2.27. The molecule has 1 unspecified atom stereocenters. The molecule has 2 fully saturated rings. The summed E-state index contributed by atoms with van der Waals surface area (Å²) in [7, 11) is 0. The van der Waals surface area contributed by atoms with Gasteiger partial charge in [0.25, 0.3) is 0 Å². The summed E-state index contributed by atoms with van der Waals surface area (Å²) in [5.41, 5.74) is 12.1. The van der Waals surface area contributed by atoms with Gasteiger partial charge in [-0.2, -0.15) is 5.26 Å². The van der Waals surface area contributed by atoms with Crippen molar-refractivity contribution in [2.24, 2.45) is 5.92 Å². The zero-order valence-electron chi connectivity index (χ0n) is 10.7. The molecular weight excluding hydrogens is 242 g/mol. The van der Waals surface area contributed by atoms with E-state index >= 15 is 0 Å². The summed E-state index contributed by atoms with van der Waals surface area (Å²) >= 11 is 0. The number of aromatic nitrogens is 1. The van der Waals surface area contributed by atoms with E-state index < -0.39 is 5.92 Å². The highest BCUT2D eigenvalue weighted by atomic mass is 16.2. The number of nitrogens with two attached hydrogens (primary N) is 2. The summed E-state index contributed by atoms with van der Waals surface area (Å²) in [4.78, 5) is 17.1. The maximum absolute atomic E-state index is 11.8. The number of rotatable bonds is 1. The molecule has 1 saturated heterocycles. The number of amides is 1. The van der Waals surface area contributed by atoms with E-state index in [1.807, 2.05) is 6.07 Å². The van der Waals surface area contributed by atoms with Gasteiger partial charge in [0.1, 0.15) is 11.7 Å². The first-order chi connectivity index (χ1) is 9.15. The van der Waals surface area contributed by atoms with Gasteiger partial charge in [-0.05, 0) is 12.5 Å². The minimum absolute atomic E-state index is 0.200. The highest BCUT2D eigenvalue weighted by Gasteiger charge is 2.33. The molecule has 4 N–H and O–H groups in total. The number of anilines is 3. The number of nitrogens with zero attached hydrogens (tertiary/aromatic N) is 3. The van der Waals surface area contributed by atoms with Crippen molar-refractivity contribution in [2.75, 3.05) is 22.9 Å². The molecule has 3 rings (SSSR count). The van der Waals surface area contributed by atoms with E-state index in [-0.39, 0.29) is 17.4 Å². The molecular formula is C13H17N5O. The standard InChI is InChI=1S/C10H11N5O.C3H6/c11-5-6-2-4-15(10(6)16)7-1-3-14-9(13)8(7)12;1-2-3-1/h1,3,6H,2,4,12H2,(H2,13,14);1-3H2. The maximum Gasteiger partial charge on any atom is 0.244 e. The zero-order chi connectivity index (χ0) is 13.8. The Balaban J connectivity index is 0.000000390. The Bertz CT molecular complexity index is 518. The second kappa shape index (κ2) is 5.57. The SMILES string of the molecule is C1CC1.N#CC1CCN(c2ccnc(N)c2N)C1=O. The largest absolute Gasteiger partial charge is 0.394 e. The van der Waals surface area contributed by atoms with Crippen LogP contribution in [0.1, 0.15) is 25.7 Å². The predicted molar refractivity (Wildman–Crippen MR) is 73.0 cm³/mol. The van der Waals surface area contributed by atoms with Gasteiger partial charge >= 0.3 is 0 Å². The second-order valence-electron chi connectivity index (χ2n) is 4.65. The topological polar surface area (TPSA) is 109 Å². The lowest BCUT2D eigenvalue weighted by atomic mass is 10.1. The average molecular weight is 259 g/mol. The van der Waals surface area contributed by atoms with Gasteiger partial charge in [0.2, 0.25) is 5.91 Å². The fourth-order valence-corrected chi connectivity index (χ4v) is 1.75. The first kappa shape index (κ1) is 13.1. The summed E-state index contributed by atoms with van der Waals surface area (Å²) in [5.74, 6) is -0.598. The van der Waals surface area contributed by atoms with Crippen LogP contribution in [0.5, 0.6) is 0 Å². The summed E-state index contributed by atoms with van der Waals surface area (Å²) in [6.07, 6.45) is 6.52. The van der Waals surface area contributed by atoms with Crippen LogP contribution in [-0.2, 0) is 4.79 Å². The van der Waals surface area contributed by atoms with Crippen molar-refractivity contribution >= 4 is 23.1 Å². The number of carbonyl (C=O) groups is 1. The summed E-state index contributed by atoms with van der Waals surface area (Å²) in [6.45, 7) is 0.491. The quantitative estimate of drug-likeness (QED) is 0.789. The van der Waals surface area contributed by atoms with Crippen LogP contribution < -0.4 is 16.4 Å². The molecule has 1 aromatic heterocycles. The Labute approximate surface area is 112 Å². The normalized spacial score (nSPS) is 20.5. The van der Waals surface area contributed by atoms with Gasteiger partial charge in [-0.1, -0.05) is 19.3 Å². The first-order valence-electron chi connectivity index (χ1n) is 6.36. The number of carbonyl (C=O) groups excluding carboxylic acids is 1. The lowest BCUT2D eigenvalue weighted by Gasteiger charge is -2.18. The Morgan fingerprint density at radius 1 is 1.37 bits per heavy atom. The van der Waals surface area contributed by atoms with E-state index in [0.29, 0.717) is 18.7 Å². The van der Waals surface area contributed by atoms with Crippen LogP contribution in [-0.4, -0.2) is 17.4 Å². The molecule has 0 spiro atoms. The van der Waals surface area contributed by atoms with Crippen molar-refractivity contribution in [3.63, 3.8) is 0 Å². The predicted octanol–water partition coefficient (Wildman–Crippen LogP) is 1.29. The molecule has 2 aliphatic rings. The number of hydrogen-bond donors (Lipinski definition) is 2. The van der Waals surface area contributed by atoms with Gasteiger partial charge in [-0.3, -0.25) is 4.79 Å². The average Bonchev–Trinajstić information content (AvgIpc) is 3.23. The maximum atomic E-state index is 11.8. The summed E-state index contributed by atoms with van der Waals surface area (Å²) in [5, 5.41) is 8.76. The number of nitriles is 1. The van der Waals surface area contributed by atoms with Crippen LogP contribution in [0.2, 0.25) is 0 Å². The van der Waals surface area contributed by atoms with Crippen LogP contribution in [0.25, 0.3) is 0 Å². The number of pyridine rings is 1. The third-order valence-electron chi connectivity index (χ3n) is 3.00.